The number of benzene rings is 2. The molecular weight excluding hydrogens is 408 g/mol. The highest BCUT2D eigenvalue weighted by atomic mass is 16.5. The van der Waals surface area contributed by atoms with Crippen molar-refractivity contribution in [2.45, 2.75) is 19.6 Å². The van der Waals surface area contributed by atoms with Gasteiger partial charge in [-0.25, -0.2) is 9.78 Å². The van der Waals surface area contributed by atoms with E-state index in [2.05, 4.69) is 45.6 Å². The Hall–Kier alpha value is -2.94. The van der Waals surface area contributed by atoms with Gasteiger partial charge in [0.25, 0.3) is 0 Å². The molecule has 1 aliphatic heterocycles. The van der Waals surface area contributed by atoms with E-state index in [0.29, 0.717) is 18.5 Å². The highest BCUT2D eigenvalue weighted by molar-refractivity contribution is 5.93. The van der Waals surface area contributed by atoms with Crippen LogP contribution in [0.4, 0.5) is 5.69 Å². The predicted molar refractivity (Wildman–Crippen MR) is 124 cm³/mol. The summed E-state index contributed by atoms with van der Waals surface area (Å²) in [4.78, 5) is 20.9. The minimum atomic E-state index is -0.955. The van der Waals surface area contributed by atoms with Crippen molar-refractivity contribution in [2.24, 2.45) is 0 Å². The van der Waals surface area contributed by atoms with Gasteiger partial charge >= 0.3 is 5.97 Å². The number of nitrogens with zero attached hydrogens (tertiary/aromatic N) is 4. The Morgan fingerprint density at radius 3 is 2.53 bits per heavy atom. The van der Waals surface area contributed by atoms with Gasteiger partial charge in [-0.1, -0.05) is 6.07 Å². The first kappa shape index (κ1) is 22.3. The van der Waals surface area contributed by atoms with Crippen molar-refractivity contribution in [1.82, 2.24) is 14.5 Å². The Bertz CT molecular complexity index is 1090. The summed E-state index contributed by atoms with van der Waals surface area (Å²) in [5.74, 6) is -0.107. The molecule has 1 aromatic heterocycles. The lowest BCUT2D eigenvalue weighted by Gasteiger charge is -2.38. The van der Waals surface area contributed by atoms with Gasteiger partial charge in [-0.3, -0.25) is 9.47 Å². The van der Waals surface area contributed by atoms with Gasteiger partial charge in [-0.15, -0.1) is 0 Å². The first-order valence-corrected chi connectivity index (χ1v) is 10.9. The Balaban J connectivity index is 1.67. The van der Waals surface area contributed by atoms with Crippen LogP contribution in [0.25, 0.3) is 16.7 Å². The molecule has 0 spiro atoms. The van der Waals surface area contributed by atoms with Crippen molar-refractivity contribution >= 4 is 22.7 Å². The Morgan fingerprint density at radius 2 is 1.84 bits per heavy atom. The van der Waals surface area contributed by atoms with Crippen LogP contribution in [-0.4, -0.2) is 78.8 Å². The van der Waals surface area contributed by atoms with Crippen LogP contribution in [0.2, 0.25) is 0 Å². The zero-order valence-electron chi connectivity index (χ0n) is 18.8. The molecule has 1 aliphatic rings. The summed E-state index contributed by atoms with van der Waals surface area (Å²) in [6, 6.07) is 13.5. The normalized spacial score (nSPS) is 15.9. The maximum absolute atomic E-state index is 11.4. The van der Waals surface area contributed by atoms with Crippen molar-refractivity contribution in [3.05, 3.63) is 53.9 Å². The third-order valence-corrected chi connectivity index (χ3v) is 6.12. The number of carboxylic acids is 1. The summed E-state index contributed by atoms with van der Waals surface area (Å²) in [6.45, 7) is 6.38. The summed E-state index contributed by atoms with van der Waals surface area (Å²) >= 11 is 0. The number of ether oxygens (including phenoxy) is 2. The number of aromatic carboxylic acids is 1. The largest absolute Gasteiger partial charge is 0.478 e. The fourth-order valence-electron chi connectivity index (χ4n) is 4.23. The van der Waals surface area contributed by atoms with E-state index in [1.54, 1.807) is 26.4 Å². The summed E-state index contributed by atoms with van der Waals surface area (Å²) < 4.78 is 12.8. The first-order valence-electron chi connectivity index (χ1n) is 10.9. The zero-order chi connectivity index (χ0) is 22.7. The molecule has 0 bridgehead atoms. The van der Waals surface area contributed by atoms with Gasteiger partial charge in [-0.05, 0) is 43.3 Å². The van der Waals surface area contributed by atoms with E-state index in [0.717, 1.165) is 48.9 Å². The molecule has 2 aromatic carbocycles. The quantitative estimate of drug-likeness (QED) is 0.579. The lowest BCUT2D eigenvalue weighted by Crippen LogP contribution is -2.50. The van der Waals surface area contributed by atoms with Gasteiger partial charge in [0.05, 0.1) is 23.2 Å². The Kier molecular flexibility index (Phi) is 6.74. The number of hydrogen-bond acceptors (Lipinski definition) is 6. The number of aromatic nitrogens is 2. The summed E-state index contributed by atoms with van der Waals surface area (Å²) in [5.41, 5.74) is 3.96. The molecule has 0 saturated carbocycles. The van der Waals surface area contributed by atoms with Crippen LogP contribution in [-0.2, 0) is 15.9 Å². The van der Waals surface area contributed by atoms with Crippen LogP contribution in [0.3, 0.4) is 0 Å². The topological polar surface area (TPSA) is 80.1 Å². The standard InChI is InChI=1S/C24H30N4O4/c1-17(32-3)26-10-12-27(13-11-26)19-5-4-6-20(16-19)28-22-8-7-18(24(29)30)15-21(22)25-23(28)9-14-31-2/h4-8,15-17H,9-14H2,1-3H3,(H,29,30). The number of anilines is 1. The average Bonchev–Trinajstić information content (AvgIpc) is 3.19. The molecule has 0 aliphatic carbocycles. The van der Waals surface area contributed by atoms with E-state index >= 15 is 0 Å². The molecule has 0 radical (unpaired) electrons. The van der Waals surface area contributed by atoms with Crippen LogP contribution in [0.15, 0.2) is 42.5 Å². The number of carboxylic acid groups (broad SMARTS) is 1. The van der Waals surface area contributed by atoms with E-state index in [1.807, 2.05) is 6.07 Å². The molecule has 8 heteroatoms. The number of fused-ring (bicyclic) bond motifs is 1. The van der Waals surface area contributed by atoms with Gasteiger partial charge in [0.1, 0.15) is 12.1 Å². The molecule has 0 amide bonds. The number of imidazole rings is 1. The summed E-state index contributed by atoms with van der Waals surface area (Å²) in [6.07, 6.45) is 0.755. The molecule has 170 valence electrons. The first-order chi connectivity index (χ1) is 15.5. The lowest BCUT2D eigenvalue weighted by molar-refractivity contribution is -0.0212. The molecule has 3 aromatic rings. The number of carbonyl (C=O) groups is 1. The van der Waals surface area contributed by atoms with Crippen LogP contribution in [0.5, 0.6) is 0 Å². The Labute approximate surface area is 188 Å². The van der Waals surface area contributed by atoms with Crippen molar-refractivity contribution in [2.75, 3.05) is 51.9 Å². The molecule has 1 atom stereocenters. The molecule has 2 heterocycles. The second-order valence-electron chi connectivity index (χ2n) is 7.99. The maximum atomic E-state index is 11.4. The van der Waals surface area contributed by atoms with Crippen molar-refractivity contribution < 1.29 is 19.4 Å². The van der Waals surface area contributed by atoms with Crippen LogP contribution >= 0.6 is 0 Å². The van der Waals surface area contributed by atoms with Crippen molar-refractivity contribution in [1.29, 1.82) is 0 Å². The van der Waals surface area contributed by atoms with Crippen molar-refractivity contribution in [3.63, 3.8) is 0 Å². The third-order valence-electron chi connectivity index (χ3n) is 6.12. The minimum absolute atomic E-state index is 0.125. The molecule has 1 N–H and O–H groups in total. The van der Waals surface area contributed by atoms with Crippen LogP contribution in [0.1, 0.15) is 23.1 Å². The fraction of sp³-hybridized carbons (Fsp3) is 0.417. The fourth-order valence-corrected chi connectivity index (χ4v) is 4.23. The SMILES string of the molecule is COCCc1nc2cc(C(=O)O)ccc2n1-c1cccc(N2CCN(C(C)OC)CC2)c1. The highest BCUT2D eigenvalue weighted by Gasteiger charge is 2.22. The van der Waals surface area contributed by atoms with Gasteiger partial charge < -0.3 is 19.5 Å². The number of hydrogen-bond donors (Lipinski definition) is 1. The van der Waals surface area contributed by atoms with Gasteiger partial charge in [0.2, 0.25) is 0 Å². The van der Waals surface area contributed by atoms with E-state index in [4.69, 9.17) is 14.5 Å². The van der Waals surface area contributed by atoms with E-state index < -0.39 is 5.97 Å². The maximum Gasteiger partial charge on any atom is 0.335 e. The number of piperazine rings is 1. The van der Waals surface area contributed by atoms with Crippen LogP contribution < -0.4 is 4.90 Å². The zero-order valence-corrected chi connectivity index (χ0v) is 18.8. The molecule has 1 unspecified atom stereocenters. The summed E-state index contributed by atoms with van der Waals surface area (Å²) in [5, 5.41) is 9.36. The smallest absolute Gasteiger partial charge is 0.335 e. The van der Waals surface area contributed by atoms with E-state index in [-0.39, 0.29) is 11.8 Å². The van der Waals surface area contributed by atoms with Gasteiger partial charge in [0.15, 0.2) is 0 Å². The van der Waals surface area contributed by atoms with Crippen LogP contribution in [0, 0.1) is 0 Å². The van der Waals surface area contributed by atoms with Crippen molar-refractivity contribution in [3.8, 4) is 5.69 Å². The average molecular weight is 439 g/mol. The lowest BCUT2D eigenvalue weighted by atomic mass is 10.2. The van der Waals surface area contributed by atoms with E-state index in [9.17, 15) is 9.90 Å². The molecule has 32 heavy (non-hydrogen) atoms. The third kappa shape index (κ3) is 4.48. The number of methoxy groups -OCH3 is 2. The minimum Gasteiger partial charge on any atom is -0.478 e. The second kappa shape index (κ2) is 9.68. The molecule has 4 rings (SSSR count). The Morgan fingerprint density at radius 1 is 1.09 bits per heavy atom. The monoisotopic (exact) mass is 438 g/mol. The molecule has 8 nitrogen and oxygen atoms in total. The number of rotatable bonds is 8. The molecular formula is C24H30N4O4. The summed E-state index contributed by atoms with van der Waals surface area (Å²) in [7, 11) is 3.41. The van der Waals surface area contributed by atoms with Gasteiger partial charge in [-0.2, -0.15) is 0 Å². The van der Waals surface area contributed by atoms with Gasteiger partial charge in [0, 0.05) is 58.2 Å². The predicted octanol–water partition coefficient (Wildman–Crippen LogP) is 3.03. The molecule has 1 saturated heterocycles. The van der Waals surface area contributed by atoms with E-state index in [1.165, 1.54) is 0 Å². The molecule has 1 fully saturated rings. The highest BCUT2D eigenvalue weighted by Crippen LogP contribution is 2.27. The second-order valence-corrected chi connectivity index (χ2v) is 7.99.